The molecule has 1 aliphatic rings. The summed E-state index contributed by atoms with van der Waals surface area (Å²) in [5.41, 5.74) is 2.00. The van der Waals surface area contributed by atoms with Gasteiger partial charge in [0.25, 0.3) is 0 Å². The highest BCUT2D eigenvalue weighted by Gasteiger charge is 2.21. The van der Waals surface area contributed by atoms with E-state index in [2.05, 4.69) is 21.2 Å². The van der Waals surface area contributed by atoms with Gasteiger partial charge >= 0.3 is 0 Å². The largest absolute Gasteiger partial charge is 0.495 e. The third-order valence-corrected chi connectivity index (χ3v) is 4.99. The third-order valence-electron chi connectivity index (χ3n) is 4.63. The van der Waals surface area contributed by atoms with Crippen molar-refractivity contribution in [3.63, 3.8) is 0 Å². The zero-order chi connectivity index (χ0) is 19.2. The molecule has 1 saturated heterocycles. The van der Waals surface area contributed by atoms with Crippen LogP contribution in [0.5, 0.6) is 17.2 Å². The summed E-state index contributed by atoms with van der Waals surface area (Å²) in [5, 5.41) is 4.00. The predicted octanol–water partition coefficient (Wildman–Crippen LogP) is 3.23. The molecule has 0 saturated carbocycles. The summed E-state index contributed by atoms with van der Waals surface area (Å²) >= 11 is 5.60. The lowest BCUT2D eigenvalue weighted by Crippen LogP contribution is -2.50. The topological polar surface area (TPSA) is 46.2 Å². The van der Waals surface area contributed by atoms with Gasteiger partial charge in [-0.3, -0.25) is 0 Å². The van der Waals surface area contributed by atoms with E-state index in [1.165, 1.54) is 0 Å². The Morgan fingerprint density at radius 3 is 2.19 bits per heavy atom. The minimum absolute atomic E-state index is 0.672. The van der Waals surface area contributed by atoms with Crippen LogP contribution in [0.15, 0.2) is 42.5 Å². The van der Waals surface area contributed by atoms with Crippen LogP contribution in [0, 0.1) is 0 Å². The average Bonchev–Trinajstić information content (AvgIpc) is 2.73. The van der Waals surface area contributed by atoms with Crippen LogP contribution in [0.2, 0.25) is 0 Å². The minimum Gasteiger partial charge on any atom is -0.495 e. The Morgan fingerprint density at radius 1 is 0.852 bits per heavy atom. The summed E-state index contributed by atoms with van der Waals surface area (Å²) in [6.07, 6.45) is 0. The van der Waals surface area contributed by atoms with Gasteiger partial charge in [-0.1, -0.05) is 12.1 Å². The number of rotatable bonds is 5. The number of methoxy groups -OCH3 is 3. The fourth-order valence-electron chi connectivity index (χ4n) is 3.16. The van der Waals surface area contributed by atoms with E-state index in [-0.39, 0.29) is 0 Å². The number of anilines is 2. The molecule has 0 spiro atoms. The van der Waals surface area contributed by atoms with Crippen molar-refractivity contribution in [2.24, 2.45) is 0 Å². The summed E-state index contributed by atoms with van der Waals surface area (Å²) in [4.78, 5) is 4.51. The second-order valence-electron chi connectivity index (χ2n) is 6.15. The highest BCUT2D eigenvalue weighted by atomic mass is 32.1. The maximum absolute atomic E-state index is 5.60. The van der Waals surface area contributed by atoms with E-state index in [1.54, 1.807) is 21.3 Å². The first-order valence-electron chi connectivity index (χ1n) is 8.82. The van der Waals surface area contributed by atoms with Crippen LogP contribution in [0.3, 0.4) is 0 Å². The quantitative estimate of drug-likeness (QED) is 0.791. The lowest BCUT2D eigenvalue weighted by Gasteiger charge is -2.37. The maximum atomic E-state index is 5.60. The molecular weight excluding hydrogens is 362 g/mol. The molecule has 7 heteroatoms. The van der Waals surface area contributed by atoms with Gasteiger partial charge in [0.05, 0.1) is 27.0 Å². The maximum Gasteiger partial charge on any atom is 0.173 e. The fraction of sp³-hybridized carbons (Fsp3) is 0.350. The predicted molar refractivity (Wildman–Crippen MR) is 113 cm³/mol. The van der Waals surface area contributed by atoms with Crippen LogP contribution >= 0.6 is 12.2 Å². The van der Waals surface area contributed by atoms with Crippen molar-refractivity contribution in [2.75, 3.05) is 57.7 Å². The van der Waals surface area contributed by atoms with Gasteiger partial charge in [0, 0.05) is 37.9 Å². The second kappa shape index (κ2) is 8.81. The van der Waals surface area contributed by atoms with E-state index >= 15 is 0 Å². The monoisotopic (exact) mass is 387 g/mol. The Morgan fingerprint density at radius 2 is 1.52 bits per heavy atom. The van der Waals surface area contributed by atoms with Gasteiger partial charge in [-0.05, 0) is 36.5 Å². The van der Waals surface area contributed by atoms with E-state index < -0.39 is 0 Å². The Hall–Kier alpha value is -2.67. The number of nitrogens with one attached hydrogen (secondary N) is 1. The Bertz CT molecular complexity index is 792. The molecule has 144 valence electrons. The SMILES string of the molecule is COc1ccc(NC(=S)N2CCN(c3ccccc3OC)CC2)cc1OC. The van der Waals surface area contributed by atoms with E-state index in [4.69, 9.17) is 26.4 Å². The molecule has 2 aromatic carbocycles. The first-order valence-corrected chi connectivity index (χ1v) is 9.23. The molecule has 0 aliphatic carbocycles. The zero-order valence-electron chi connectivity index (χ0n) is 15.9. The average molecular weight is 388 g/mol. The van der Waals surface area contributed by atoms with Crippen LogP contribution in [0.4, 0.5) is 11.4 Å². The van der Waals surface area contributed by atoms with Gasteiger partial charge in [-0.15, -0.1) is 0 Å². The summed E-state index contributed by atoms with van der Waals surface area (Å²) in [6, 6.07) is 13.8. The molecule has 0 radical (unpaired) electrons. The van der Waals surface area contributed by atoms with Gasteiger partial charge in [0.1, 0.15) is 5.75 Å². The second-order valence-corrected chi connectivity index (χ2v) is 6.53. The molecule has 1 heterocycles. The molecule has 3 rings (SSSR count). The Kier molecular flexibility index (Phi) is 6.24. The number of benzene rings is 2. The van der Waals surface area contributed by atoms with Crippen LogP contribution in [-0.4, -0.2) is 57.5 Å². The van der Waals surface area contributed by atoms with Gasteiger partial charge in [0.15, 0.2) is 16.6 Å². The normalized spacial score (nSPS) is 13.9. The summed E-state index contributed by atoms with van der Waals surface area (Å²) < 4.78 is 16.1. The van der Waals surface area contributed by atoms with Gasteiger partial charge in [-0.25, -0.2) is 0 Å². The molecule has 0 unspecified atom stereocenters. The molecular formula is C20H25N3O3S. The van der Waals surface area contributed by atoms with Crippen molar-refractivity contribution in [3.05, 3.63) is 42.5 Å². The molecule has 1 aliphatic heterocycles. The molecule has 6 nitrogen and oxygen atoms in total. The zero-order valence-corrected chi connectivity index (χ0v) is 16.7. The summed E-state index contributed by atoms with van der Waals surface area (Å²) in [5.74, 6) is 2.27. The smallest absolute Gasteiger partial charge is 0.173 e. The van der Waals surface area contributed by atoms with Gasteiger partial charge < -0.3 is 29.3 Å². The Labute approximate surface area is 165 Å². The number of hydrogen-bond donors (Lipinski definition) is 1. The molecule has 0 atom stereocenters. The molecule has 2 aromatic rings. The number of ether oxygens (including phenoxy) is 3. The fourth-order valence-corrected chi connectivity index (χ4v) is 3.46. The highest BCUT2D eigenvalue weighted by Crippen LogP contribution is 2.30. The lowest BCUT2D eigenvalue weighted by molar-refractivity contribution is 0.355. The highest BCUT2D eigenvalue weighted by molar-refractivity contribution is 7.80. The molecule has 1 fully saturated rings. The number of hydrogen-bond acceptors (Lipinski definition) is 5. The first-order chi connectivity index (χ1) is 13.2. The minimum atomic E-state index is 0.672. The van der Waals surface area contributed by atoms with Crippen LogP contribution in [-0.2, 0) is 0 Å². The first kappa shape index (κ1) is 19.1. The van der Waals surface area contributed by atoms with Crippen molar-refractivity contribution in [1.29, 1.82) is 0 Å². The van der Waals surface area contributed by atoms with Crippen molar-refractivity contribution < 1.29 is 14.2 Å². The van der Waals surface area contributed by atoms with Crippen LogP contribution < -0.4 is 24.4 Å². The standard InChI is InChI=1S/C20H25N3O3S/c1-24-17-7-5-4-6-16(17)22-10-12-23(13-11-22)20(27)21-15-8-9-18(25-2)19(14-15)26-3/h4-9,14H,10-13H2,1-3H3,(H,21,27). The number of thiocarbonyl (C=S) groups is 1. The van der Waals surface area contributed by atoms with E-state index in [1.807, 2.05) is 36.4 Å². The van der Waals surface area contributed by atoms with Gasteiger partial charge in [-0.2, -0.15) is 0 Å². The summed E-state index contributed by atoms with van der Waals surface area (Å²) in [7, 11) is 4.95. The van der Waals surface area contributed by atoms with Crippen molar-refractivity contribution in [3.8, 4) is 17.2 Å². The van der Waals surface area contributed by atoms with Crippen LogP contribution in [0.1, 0.15) is 0 Å². The van der Waals surface area contributed by atoms with Crippen molar-refractivity contribution in [2.45, 2.75) is 0 Å². The number of piperazine rings is 1. The number of para-hydroxylation sites is 2. The van der Waals surface area contributed by atoms with E-state index in [0.717, 1.165) is 43.3 Å². The van der Waals surface area contributed by atoms with E-state index in [9.17, 15) is 0 Å². The van der Waals surface area contributed by atoms with Crippen molar-refractivity contribution >= 4 is 28.7 Å². The lowest BCUT2D eigenvalue weighted by atomic mass is 10.2. The number of nitrogens with zero attached hydrogens (tertiary/aromatic N) is 2. The van der Waals surface area contributed by atoms with Crippen molar-refractivity contribution in [1.82, 2.24) is 4.90 Å². The van der Waals surface area contributed by atoms with Crippen LogP contribution in [0.25, 0.3) is 0 Å². The van der Waals surface area contributed by atoms with E-state index in [0.29, 0.717) is 16.6 Å². The molecule has 0 amide bonds. The molecule has 0 bridgehead atoms. The molecule has 27 heavy (non-hydrogen) atoms. The Balaban J connectivity index is 1.60. The van der Waals surface area contributed by atoms with Gasteiger partial charge in [0.2, 0.25) is 0 Å². The molecule has 0 aromatic heterocycles. The summed E-state index contributed by atoms with van der Waals surface area (Å²) in [6.45, 7) is 3.45. The molecule has 1 N–H and O–H groups in total. The third kappa shape index (κ3) is 4.36.